The van der Waals surface area contributed by atoms with Crippen molar-refractivity contribution in [3.63, 3.8) is 0 Å². The fraction of sp³-hybridized carbons (Fsp3) is 0.600. The van der Waals surface area contributed by atoms with Crippen molar-refractivity contribution < 1.29 is 14.5 Å². The summed E-state index contributed by atoms with van der Waals surface area (Å²) in [5.74, 6) is 0.405. The number of anilines is 1. The predicted molar refractivity (Wildman–Crippen MR) is 83.4 cm³/mol. The Hall–Kier alpha value is -2.38. The molecule has 1 aromatic rings. The highest BCUT2D eigenvalue weighted by Crippen LogP contribution is 2.41. The van der Waals surface area contributed by atoms with Crippen LogP contribution in [0, 0.1) is 10.1 Å². The monoisotopic (exact) mass is 320 g/mol. The lowest BCUT2D eigenvalue weighted by molar-refractivity contribution is -0.389. The SMILES string of the molecule is CC(C)(C)OC(=O)N1CCC12CN(c1cccc([N+](=O)[O-])n1)C2. The van der Waals surface area contributed by atoms with Crippen LogP contribution in [0.1, 0.15) is 27.2 Å². The Bertz CT molecular complexity index is 649. The zero-order chi connectivity index (χ0) is 16.8. The Morgan fingerprint density at radius 2 is 2.09 bits per heavy atom. The molecule has 0 radical (unpaired) electrons. The van der Waals surface area contributed by atoms with E-state index < -0.39 is 10.5 Å². The molecule has 2 aliphatic rings. The van der Waals surface area contributed by atoms with Gasteiger partial charge < -0.3 is 19.8 Å². The van der Waals surface area contributed by atoms with E-state index in [2.05, 4.69) is 4.98 Å². The van der Waals surface area contributed by atoms with Gasteiger partial charge in [0.1, 0.15) is 5.60 Å². The van der Waals surface area contributed by atoms with Crippen molar-refractivity contribution in [1.29, 1.82) is 0 Å². The zero-order valence-electron chi connectivity index (χ0n) is 13.5. The molecular weight excluding hydrogens is 300 g/mol. The Balaban J connectivity index is 1.65. The molecule has 23 heavy (non-hydrogen) atoms. The van der Waals surface area contributed by atoms with E-state index in [1.807, 2.05) is 25.7 Å². The second-order valence-corrected chi connectivity index (χ2v) is 7.07. The standard InChI is InChI=1S/C15H20N4O4/c1-14(2,3)23-13(20)18-8-7-15(18)9-17(10-15)11-5-4-6-12(16-11)19(21)22/h4-6H,7-10H2,1-3H3. The fourth-order valence-electron chi connectivity index (χ4n) is 2.99. The smallest absolute Gasteiger partial charge is 0.410 e. The lowest BCUT2D eigenvalue weighted by Gasteiger charge is -2.61. The number of hydrogen-bond donors (Lipinski definition) is 0. The third kappa shape index (κ3) is 2.80. The van der Waals surface area contributed by atoms with E-state index in [0.29, 0.717) is 25.5 Å². The molecule has 1 amide bonds. The quantitative estimate of drug-likeness (QED) is 0.613. The first-order chi connectivity index (χ1) is 10.7. The minimum atomic E-state index is -0.515. The normalized spacial score (nSPS) is 19.1. The molecule has 3 heterocycles. The van der Waals surface area contributed by atoms with Crippen molar-refractivity contribution in [2.45, 2.75) is 38.3 Å². The van der Waals surface area contributed by atoms with Gasteiger partial charge in [0.25, 0.3) is 0 Å². The van der Waals surface area contributed by atoms with Crippen LogP contribution in [0.3, 0.4) is 0 Å². The van der Waals surface area contributed by atoms with Crippen molar-refractivity contribution in [3.05, 3.63) is 28.3 Å². The molecule has 124 valence electrons. The summed E-state index contributed by atoms with van der Waals surface area (Å²) in [5, 5.41) is 10.8. The zero-order valence-corrected chi connectivity index (χ0v) is 13.5. The second-order valence-electron chi connectivity index (χ2n) is 7.07. The highest BCUT2D eigenvalue weighted by atomic mass is 16.6. The van der Waals surface area contributed by atoms with Crippen LogP contribution in [0.5, 0.6) is 0 Å². The van der Waals surface area contributed by atoms with E-state index in [1.165, 1.54) is 6.07 Å². The maximum absolute atomic E-state index is 12.2. The van der Waals surface area contributed by atoms with Crippen LogP contribution in [0.4, 0.5) is 16.4 Å². The van der Waals surface area contributed by atoms with E-state index in [4.69, 9.17) is 4.74 Å². The lowest BCUT2D eigenvalue weighted by Crippen LogP contribution is -2.78. The number of pyridine rings is 1. The van der Waals surface area contributed by atoms with Gasteiger partial charge in [-0.05, 0) is 43.2 Å². The average Bonchev–Trinajstić information content (AvgIpc) is 2.34. The number of carbonyl (C=O) groups excluding carboxylic acids is 1. The molecule has 0 aromatic carbocycles. The summed E-state index contributed by atoms with van der Waals surface area (Å²) in [6.45, 7) is 7.47. The van der Waals surface area contributed by atoms with Crippen LogP contribution in [-0.2, 0) is 4.74 Å². The molecule has 0 aliphatic carbocycles. The highest BCUT2D eigenvalue weighted by molar-refractivity contribution is 5.72. The van der Waals surface area contributed by atoms with Gasteiger partial charge >= 0.3 is 11.9 Å². The highest BCUT2D eigenvalue weighted by Gasteiger charge is 2.57. The number of likely N-dealkylation sites (tertiary alicyclic amines) is 1. The molecule has 8 nitrogen and oxygen atoms in total. The molecule has 2 fully saturated rings. The Morgan fingerprint density at radius 1 is 1.39 bits per heavy atom. The van der Waals surface area contributed by atoms with Gasteiger partial charge in [-0.2, -0.15) is 0 Å². The van der Waals surface area contributed by atoms with Gasteiger partial charge in [-0.25, -0.2) is 4.79 Å². The molecule has 0 saturated carbocycles. The number of hydrogen-bond acceptors (Lipinski definition) is 6. The van der Waals surface area contributed by atoms with Crippen molar-refractivity contribution in [2.24, 2.45) is 0 Å². The summed E-state index contributed by atoms with van der Waals surface area (Å²) >= 11 is 0. The predicted octanol–water partition coefficient (Wildman–Crippen LogP) is 2.19. The Kier molecular flexibility index (Phi) is 3.42. The van der Waals surface area contributed by atoms with Gasteiger partial charge in [0.05, 0.1) is 5.54 Å². The second kappa shape index (κ2) is 5.07. The molecule has 0 N–H and O–H groups in total. The fourth-order valence-corrected chi connectivity index (χ4v) is 2.99. The summed E-state index contributed by atoms with van der Waals surface area (Å²) in [5.41, 5.74) is -0.729. The number of nitro groups is 1. The first-order valence-electron chi connectivity index (χ1n) is 7.57. The number of rotatable bonds is 2. The van der Waals surface area contributed by atoms with E-state index in [1.54, 1.807) is 17.0 Å². The molecule has 0 atom stereocenters. The summed E-state index contributed by atoms with van der Waals surface area (Å²) in [6.07, 6.45) is 0.618. The van der Waals surface area contributed by atoms with Crippen LogP contribution in [0.2, 0.25) is 0 Å². The van der Waals surface area contributed by atoms with Gasteiger partial charge in [0.2, 0.25) is 5.82 Å². The molecule has 8 heteroatoms. The lowest BCUT2D eigenvalue weighted by atomic mass is 9.78. The van der Waals surface area contributed by atoms with Gasteiger partial charge in [-0.15, -0.1) is 0 Å². The molecule has 1 spiro atoms. The number of nitrogens with zero attached hydrogens (tertiary/aromatic N) is 4. The van der Waals surface area contributed by atoms with Gasteiger partial charge in [0.15, 0.2) is 0 Å². The minimum Gasteiger partial charge on any atom is -0.444 e. The number of amides is 1. The third-order valence-electron chi connectivity index (χ3n) is 4.19. The van der Waals surface area contributed by atoms with E-state index in [9.17, 15) is 14.9 Å². The molecule has 2 saturated heterocycles. The first-order valence-corrected chi connectivity index (χ1v) is 7.57. The van der Waals surface area contributed by atoms with E-state index >= 15 is 0 Å². The molecule has 1 aromatic heterocycles. The number of aromatic nitrogens is 1. The summed E-state index contributed by atoms with van der Waals surface area (Å²) < 4.78 is 5.43. The largest absolute Gasteiger partial charge is 0.444 e. The third-order valence-corrected chi connectivity index (χ3v) is 4.19. The van der Waals surface area contributed by atoms with Crippen LogP contribution >= 0.6 is 0 Å². The summed E-state index contributed by atoms with van der Waals surface area (Å²) in [6, 6.07) is 4.74. The molecule has 3 rings (SSSR count). The summed E-state index contributed by atoms with van der Waals surface area (Å²) in [7, 11) is 0. The van der Waals surface area contributed by atoms with Crippen molar-refractivity contribution in [3.8, 4) is 0 Å². The number of ether oxygens (including phenoxy) is 1. The van der Waals surface area contributed by atoms with Crippen LogP contribution in [0.25, 0.3) is 0 Å². The molecule has 0 bridgehead atoms. The van der Waals surface area contributed by atoms with Crippen LogP contribution < -0.4 is 4.90 Å². The van der Waals surface area contributed by atoms with Crippen molar-refractivity contribution >= 4 is 17.7 Å². The van der Waals surface area contributed by atoms with Crippen molar-refractivity contribution in [1.82, 2.24) is 9.88 Å². The average molecular weight is 320 g/mol. The van der Waals surface area contributed by atoms with Gasteiger partial charge in [-0.3, -0.25) is 4.90 Å². The van der Waals surface area contributed by atoms with E-state index in [-0.39, 0.29) is 17.5 Å². The topological polar surface area (TPSA) is 88.8 Å². The first kappa shape index (κ1) is 15.5. The molecule has 0 unspecified atom stereocenters. The van der Waals surface area contributed by atoms with Crippen LogP contribution in [0.15, 0.2) is 18.2 Å². The van der Waals surface area contributed by atoms with Gasteiger partial charge in [-0.1, -0.05) is 0 Å². The van der Waals surface area contributed by atoms with Crippen molar-refractivity contribution in [2.75, 3.05) is 24.5 Å². The Morgan fingerprint density at radius 3 is 2.61 bits per heavy atom. The Labute approximate surface area is 134 Å². The maximum Gasteiger partial charge on any atom is 0.410 e. The summed E-state index contributed by atoms with van der Waals surface area (Å²) in [4.78, 5) is 30.3. The minimum absolute atomic E-state index is 0.166. The van der Waals surface area contributed by atoms with Gasteiger partial charge in [0, 0.05) is 31.8 Å². The molecular formula is C15H20N4O4. The number of carbonyl (C=O) groups is 1. The molecule has 2 aliphatic heterocycles. The van der Waals surface area contributed by atoms with Crippen LogP contribution in [-0.4, -0.2) is 51.7 Å². The van der Waals surface area contributed by atoms with E-state index in [0.717, 1.165) is 6.42 Å². The maximum atomic E-state index is 12.2.